The second-order valence-electron chi connectivity index (χ2n) is 7.99. The van der Waals surface area contributed by atoms with Crippen molar-refractivity contribution in [3.63, 3.8) is 0 Å². The number of benzene rings is 2. The monoisotopic (exact) mass is 381 g/mol. The Morgan fingerprint density at radius 1 is 1.25 bits per heavy atom. The summed E-state index contributed by atoms with van der Waals surface area (Å²) < 4.78 is 5.55. The van der Waals surface area contributed by atoms with Crippen LogP contribution >= 0.6 is 0 Å². The maximum Gasteiger partial charge on any atom is 0.227 e. The van der Waals surface area contributed by atoms with E-state index in [2.05, 4.69) is 34.9 Å². The highest BCUT2D eigenvalue weighted by Crippen LogP contribution is 2.29. The number of nitrogens with two attached hydrogens (primary N) is 1. The first-order valence-electron chi connectivity index (χ1n) is 9.92. The smallest absolute Gasteiger partial charge is 0.227 e. The first-order valence-corrected chi connectivity index (χ1v) is 9.92. The Labute approximate surface area is 167 Å². The number of rotatable bonds is 7. The largest absolute Gasteiger partial charge is 0.496 e. The van der Waals surface area contributed by atoms with Crippen LogP contribution in [0.4, 0.5) is 0 Å². The molecule has 5 heteroatoms. The molecule has 0 unspecified atom stereocenters. The normalized spacial score (nSPS) is 20.0. The fourth-order valence-electron chi connectivity index (χ4n) is 3.81. The van der Waals surface area contributed by atoms with Crippen LogP contribution in [0.1, 0.15) is 49.4 Å². The molecule has 1 amide bonds. The predicted molar refractivity (Wildman–Crippen MR) is 112 cm³/mol. The summed E-state index contributed by atoms with van der Waals surface area (Å²) >= 11 is 0. The fraction of sp³-hybridized carbons (Fsp3) is 0.435. The van der Waals surface area contributed by atoms with Crippen molar-refractivity contribution in [3.05, 3.63) is 65.2 Å². The highest BCUT2D eigenvalue weighted by atomic mass is 16.5. The summed E-state index contributed by atoms with van der Waals surface area (Å²) in [6.45, 7) is 5.40. The minimum atomic E-state index is -0.722. The second-order valence-corrected chi connectivity index (χ2v) is 7.99. The minimum absolute atomic E-state index is 0.284. The van der Waals surface area contributed by atoms with Crippen LogP contribution in [0.3, 0.4) is 0 Å². The van der Waals surface area contributed by atoms with Gasteiger partial charge in [0.05, 0.1) is 12.5 Å². The van der Waals surface area contributed by atoms with E-state index >= 15 is 0 Å². The molecule has 1 fully saturated rings. The van der Waals surface area contributed by atoms with E-state index < -0.39 is 5.41 Å². The molecule has 1 aliphatic heterocycles. The topological polar surface area (TPSA) is 76.4 Å². The Kier molecular flexibility index (Phi) is 6.37. The third-order valence-electron chi connectivity index (χ3n) is 5.79. The van der Waals surface area contributed by atoms with Crippen molar-refractivity contribution >= 4 is 5.91 Å². The van der Waals surface area contributed by atoms with E-state index in [0.717, 1.165) is 36.3 Å². The van der Waals surface area contributed by atoms with Crippen molar-refractivity contribution in [1.82, 2.24) is 10.6 Å². The molecule has 0 bridgehead atoms. The zero-order valence-corrected chi connectivity index (χ0v) is 17.0. The van der Waals surface area contributed by atoms with Gasteiger partial charge in [-0.05, 0) is 56.5 Å². The minimum Gasteiger partial charge on any atom is -0.496 e. The first-order chi connectivity index (χ1) is 13.4. The van der Waals surface area contributed by atoms with Crippen molar-refractivity contribution in [3.8, 4) is 5.75 Å². The molecule has 28 heavy (non-hydrogen) atoms. The zero-order valence-electron chi connectivity index (χ0n) is 17.0. The number of carbonyl (C=O) groups excluding carboxylic acids is 1. The van der Waals surface area contributed by atoms with Gasteiger partial charge in [-0.25, -0.2) is 0 Å². The first kappa shape index (κ1) is 20.4. The number of ether oxygens (including phenoxy) is 1. The Bertz CT molecular complexity index is 805. The van der Waals surface area contributed by atoms with Crippen LogP contribution in [0.25, 0.3) is 0 Å². The number of primary amides is 1. The summed E-state index contributed by atoms with van der Waals surface area (Å²) in [5.74, 6) is 0.480. The van der Waals surface area contributed by atoms with E-state index in [1.807, 2.05) is 38.1 Å². The van der Waals surface area contributed by atoms with Crippen LogP contribution in [-0.2, 0) is 16.8 Å². The van der Waals surface area contributed by atoms with Gasteiger partial charge in [-0.1, -0.05) is 36.4 Å². The third-order valence-corrected chi connectivity index (χ3v) is 5.79. The lowest BCUT2D eigenvalue weighted by Crippen LogP contribution is -2.45. The summed E-state index contributed by atoms with van der Waals surface area (Å²) in [5.41, 5.74) is 8.12. The van der Waals surface area contributed by atoms with Crippen molar-refractivity contribution in [1.29, 1.82) is 0 Å². The molecule has 0 spiro atoms. The van der Waals surface area contributed by atoms with Crippen molar-refractivity contribution in [2.75, 3.05) is 13.7 Å². The van der Waals surface area contributed by atoms with Crippen LogP contribution in [0.2, 0.25) is 0 Å². The fourth-order valence-corrected chi connectivity index (χ4v) is 3.81. The van der Waals surface area contributed by atoms with E-state index in [-0.39, 0.29) is 11.9 Å². The third kappa shape index (κ3) is 4.37. The number of methoxy groups -OCH3 is 1. The van der Waals surface area contributed by atoms with E-state index in [9.17, 15) is 4.79 Å². The molecule has 0 saturated carbocycles. The molecular formula is C23H31N3O2. The zero-order chi connectivity index (χ0) is 20.1. The van der Waals surface area contributed by atoms with Gasteiger partial charge in [-0.15, -0.1) is 0 Å². The Morgan fingerprint density at radius 3 is 2.68 bits per heavy atom. The van der Waals surface area contributed by atoms with E-state index in [1.54, 1.807) is 7.11 Å². The van der Waals surface area contributed by atoms with Gasteiger partial charge in [-0.3, -0.25) is 4.79 Å². The lowest BCUT2D eigenvalue weighted by molar-refractivity contribution is -0.122. The molecule has 5 nitrogen and oxygen atoms in total. The average Bonchev–Trinajstić information content (AvgIpc) is 2.72. The van der Waals surface area contributed by atoms with Crippen molar-refractivity contribution in [2.45, 2.75) is 50.7 Å². The number of nitrogens with one attached hydrogen (secondary N) is 2. The molecule has 2 aromatic rings. The molecule has 2 aromatic carbocycles. The maximum absolute atomic E-state index is 11.9. The van der Waals surface area contributed by atoms with Gasteiger partial charge in [0.15, 0.2) is 0 Å². The Hall–Kier alpha value is -2.37. The summed E-state index contributed by atoms with van der Waals surface area (Å²) in [4.78, 5) is 11.9. The van der Waals surface area contributed by atoms with E-state index in [1.165, 1.54) is 5.56 Å². The highest BCUT2D eigenvalue weighted by molar-refractivity contribution is 5.85. The van der Waals surface area contributed by atoms with Crippen LogP contribution in [-0.4, -0.2) is 25.6 Å². The quantitative estimate of drug-likeness (QED) is 0.689. The number of amides is 1. The van der Waals surface area contributed by atoms with Gasteiger partial charge in [0.2, 0.25) is 5.91 Å². The molecule has 150 valence electrons. The van der Waals surface area contributed by atoms with E-state index in [4.69, 9.17) is 10.5 Å². The predicted octanol–water partition coefficient (Wildman–Crippen LogP) is 3.04. The van der Waals surface area contributed by atoms with Crippen molar-refractivity contribution < 1.29 is 9.53 Å². The van der Waals surface area contributed by atoms with Crippen LogP contribution in [0, 0.1) is 0 Å². The average molecular weight is 382 g/mol. The molecular weight excluding hydrogens is 350 g/mol. The second kappa shape index (κ2) is 8.76. The molecule has 1 heterocycles. The SMILES string of the molecule is COc1ccc(C(C)(C)C(N)=O)cc1CN[C@H]1CCCN[C@H]1c1ccccc1. The molecule has 2 atom stereocenters. The molecule has 4 N–H and O–H groups in total. The summed E-state index contributed by atoms with van der Waals surface area (Å²) in [6, 6.07) is 17.0. The summed E-state index contributed by atoms with van der Waals surface area (Å²) in [5, 5.41) is 7.36. The van der Waals surface area contributed by atoms with E-state index in [0.29, 0.717) is 12.6 Å². The highest BCUT2D eigenvalue weighted by Gasteiger charge is 2.29. The number of hydrogen-bond acceptors (Lipinski definition) is 4. The molecule has 0 radical (unpaired) electrons. The van der Waals surface area contributed by atoms with Gasteiger partial charge in [-0.2, -0.15) is 0 Å². The lowest BCUT2D eigenvalue weighted by Gasteiger charge is -2.34. The van der Waals surface area contributed by atoms with Crippen LogP contribution < -0.4 is 21.1 Å². The summed E-state index contributed by atoms with van der Waals surface area (Å²) in [6.07, 6.45) is 2.26. The van der Waals surface area contributed by atoms with Crippen LogP contribution in [0.5, 0.6) is 5.75 Å². The maximum atomic E-state index is 11.9. The number of hydrogen-bond donors (Lipinski definition) is 3. The lowest BCUT2D eigenvalue weighted by atomic mass is 9.83. The Morgan fingerprint density at radius 2 is 2.00 bits per heavy atom. The summed E-state index contributed by atoms with van der Waals surface area (Å²) in [7, 11) is 1.67. The molecule has 1 saturated heterocycles. The molecule has 1 aliphatic rings. The molecule has 0 aliphatic carbocycles. The van der Waals surface area contributed by atoms with Crippen LogP contribution in [0.15, 0.2) is 48.5 Å². The van der Waals surface area contributed by atoms with Gasteiger partial charge < -0.3 is 21.1 Å². The molecule has 0 aromatic heterocycles. The standard InChI is InChI=1S/C23H31N3O2/c1-23(2,22(24)27)18-11-12-20(28-3)17(14-18)15-26-19-10-7-13-25-21(19)16-8-5-4-6-9-16/h4-6,8-9,11-12,14,19,21,25-26H,7,10,13,15H2,1-3H3,(H2,24,27)/t19-,21-/m0/s1. The van der Waals surface area contributed by atoms with Gasteiger partial charge in [0, 0.05) is 24.2 Å². The number of carbonyl (C=O) groups is 1. The van der Waals surface area contributed by atoms with Crippen molar-refractivity contribution in [2.24, 2.45) is 5.73 Å². The van der Waals surface area contributed by atoms with Gasteiger partial charge in [0.25, 0.3) is 0 Å². The number of piperidine rings is 1. The Balaban J connectivity index is 1.79. The molecule has 3 rings (SSSR count). The van der Waals surface area contributed by atoms with Gasteiger partial charge >= 0.3 is 0 Å². The van der Waals surface area contributed by atoms with Gasteiger partial charge in [0.1, 0.15) is 5.75 Å².